The molecule has 1 fully saturated rings. The fourth-order valence-corrected chi connectivity index (χ4v) is 2.07. The zero-order chi connectivity index (χ0) is 11.5. The zero-order valence-corrected chi connectivity index (χ0v) is 10.7. The second kappa shape index (κ2) is 4.93. The van der Waals surface area contributed by atoms with Crippen LogP contribution in [0.3, 0.4) is 0 Å². The molecule has 0 radical (unpaired) electrons. The predicted octanol–water partition coefficient (Wildman–Crippen LogP) is 1.28. The highest BCUT2D eigenvalue weighted by Crippen LogP contribution is 2.09. The van der Waals surface area contributed by atoms with Gasteiger partial charge in [-0.15, -0.1) is 0 Å². The highest BCUT2D eigenvalue weighted by Gasteiger charge is 2.21. The second-order valence-corrected chi connectivity index (χ2v) is 4.90. The number of rotatable bonds is 2. The van der Waals surface area contributed by atoms with Crippen molar-refractivity contribution in [1.82, 2.24) is 15.2 Å². The summed E-state index contributed by atoms with van der Waals surface area (Å²) in [6, 6.07) is 3.81. The molecule has 1 aliphatic rings. The summed E-state index contributed by atoms with van der Waals surface area (Å²) >= 11 is 3.24. The van der Waals surface area contributed by atoms with Crippen LogP contribution < -0.4 is 5.32 Å². The third kappa shape index (κ3) is 2.80. The van der Waals surface area contributed by atoms with Gasteiger partial charge in [-0.25, -0.2) is 4.98 Å². The fourth-order valence-electron chi connectivity index (χ4n) is 1.83. The van der Waals surface area contributed by atoms with E-state index in [4.69, 9.17) is 0 Å². The molecule has 0 bridgehead atoms. The molecular formula is C11H14BrN3O. The van der Waals surface area contributed by atoms with Crippen molar-refractivity contribution in [3.8, 4) is 0 Å². The van der Waals surface area contributed by atoms with Crippen LogP contribution >= 0.6 is 15.9 Å². The van der Waals surface area contributed by atoms with Gasteiger partial charge in [-0.1, -0.05) is 0 Å². The molecule has 1 amide bonds. The third-order valence-corrected chi connectivity index (χ3v) is 3.19. The molecule has 1 atom stereocenters. The van der Waals surface area contributed by atoms with Gasteiger partial charge in [-0.3, -0.25) is 4.79 Å². The molecule has 0 aliphatic carbocycles. The van der Waals surface area contributed by atoms with Crippen LogP contribution in [-0.2, 0) is 0 Å². The van der Waals surface area contributed by atoms with E-state index in [2.05, 4.69) is 38.2 Å². The van der Waals surface area contributed by atoms with Crippen molar-refractivity contribution in [2.75, 3.05) is 20.1 Å². The van der Waals surface area contributed by atoms with Crippen molar-refractivity contribution in [3.63, 3.8) is 0 Å². The van der Waals surface area contributed by atoms with Gasteiger partial charge in [0, 0.05) is 18.8 Å². The van der Waals surface area contributed by atoms with Crippen LogP contribution in [0.1, 0.15) is 16.8 Å². The largest absolute Gasteiger partial charge is 0.348 e. The molecule has 16 heavy (non-hydrogen) atoms. The first-order valence-electron chi connectivity index (χ1n) is 5.26. The van der Waals surface area contributed by atoms with Crippen LogP contribution in [0.2, 0.25) is 0 Å². The maximum atomic E-state index is 11.8. The topological polar surface area (TPSA) is 45.2 Å². The molecule has 5 heteroatoms. The molecule has 1 aromatic heterocycles. The zero-order valence-electron chi connectivity index (χ0n) is 9.11. The van der Waals surface area contributed by atoms with Gasteiger partial charge in [0.05, 0.1) is 5.56 Å². The van der Waals surface area contributed by atoms with E-state index in [0.29, 0.717) is 5.56 Å². The van der Waals surface area contributed by atoms with Gasteiger partial charge in [0.2, 0.25) is 0 Å². The Balaban J connectivity index is 1.95. The highest BCUT2D eigenvalue weighted by molar-refractivity contribution is 9.10. The number of aromatic nitrogens is 1. The summed E-state index contributed by atoms with van der Waals surface area (Å²) in [7, 11) is 2.06. The molecule has 1 unspecified atom stereocenters. The molecule has 1 saturated heterocycles. The molecule has 2 heterocycles. The Morgan fingerprint density at radius 2 is 2.44 bits per heavy atom. The first-order chi connectivity index (χ1) is 7.65. The lowest BCUT2D eigenvalue weighted by molar-refractivity contribution is 0.0938. The standard InChI is InChI=1S/C11H14BrN3O/c1-15-5-4-9(7-15)14-11(16)8-2-3-10(12)13-6-8/h2-3,6,9H,4-5,7H2,1H3,(H,14,16). The van der Waals surface area contributed by atoms with Crippen LogP contribution in [0, 0.1) is 0 Å². The minimum Gasteiger partial charge on any atom is -0.348 e. The maximum absolute atomic E-state index is 11.8. The van der Waals surface area contributed by atoms with Gasteiger partial charge in [-0.05, 0) is 48.1 Å². The van der Waals surface area contributed by atoms with E-state index in [9.17, 15) is 4.79 Å². The Hall–Kier alpha value is -0.940. The Morgan fingerprint density at radius 1 is 1.62 bits per heavy atom. The van der Waals surface area contributed by atoms with E-state index in [1.54, 1.807) is 18.3 Å². The summed E-state index contributed by atoms with van der Waals surface area (Å²) in [4.78, 5) is 18.1. The van der Waals surface area contributed by atoms with Crippen molar-refractivity contribution < 1.29 is 4.79 Å². The molecule has 0 saturated carbocycles. The number of halogens is 1. The Kier molecular flexibility index (Phi) is 3.56. The van der Waals surface area contributed by atoms with Crippen molar-refractivity contribution in [1.29, 1.82) is 0 Å². The number of hydrogen-bond donors (Lipinski definition) is 1. The number of likely N-dealkylation sites (tertiary alicyclic amines) is 1. The Bertz CT molecular complexity index is 379. The number of amides is 1. The van der Waals surface area contributed by atoms with E-state index in [0.717, 1.165) is 24.1 Å². The van der Waals surface area contributed by atoms with Crippen LogP contribution in [0.25, 0.3) is 0 Å². The lowest BCUT2D eigenvalue weighted by Crippen LogP contribution is -2.36. The van der Waals surface area contributed by atoms with Gasteiger partial charge in [-0.2, -0.15) is 0 Å². The van der Waals surface area contributed by atoms with Crippen LogP contribution in [0.5, 0.6) is 0 Å². The first kappa shape index (κ1) is 11.5. The molecule has 86 valence electrons. The molecular weight excluding hydrogens is 270 g/mol. The van der Waals surface area contributed by atoms with Crippen LogP contribution in [-0.4, -0.2) is 42.0 Å². The van der Waals surface area contributed by atoms with Crippen molar-refractivity contribution in [3.05, 3.63) is 28.5 Å². The summed E-state index contributed by atoms with van der Waals surface area (Å²) in [5.74, 6) is -0.0414. The number of likely N-dealkylation sites (N-methyl/N-ethyl adjacent to an activating group) is 1. The Labute approximate surface area is 103 Å². The van der Waals surface area contributed by atoms with Gasteiger partial charge >= 0.3 is 0 Å². The number of carbonyl (C=O) groups is 1. The summed E-state index contributed by atoms with van der Waals surface area (Å²) in [5, 5.41) is 3.01. The smallest absolute Gasteiger partial charge is 0.253 e. The molecule has 2 rings (SSSR count). The monoisotopic (exact) mass is 283 g/mol. The van der Waals surface area contributed by atoms with E-state index in [1.165, 1.54) is 0 Å². The summed E-state index contributed by atoms with van der Waals surface area (Å²) < 4.78 is 0.740. The Morgan fingerprint density at radius 3 is 3.00 bits per heavy atom. The van der Waals surface area contributed by atoms with Crippen molar-refractivity contribution in [2.24, 2.45) is 0 Å². The second-order valence-electron chi connectivity index (χ2n) is 4.09. The number of hydrogen-bond acceptors (Lipinski definition) is 3. The van der Waals surface area contributed by atoms with Crippen molar-refractivity contribution >= 4 is 21.8 Å². The van der Waals surface area contributed by atoms with Gasteiger partial charge in [0.25, 0.3) is 5.91 Å². The van der Waals surface area contributed by atoms with E-state index in [-0.39, 0.29) is 11.9 Å². The van der Waals surface area contributed by atoms with Gasteiger partial charge < -0.3 is 10.2 Å². The highest BCUT2D eigenvalue weighted by atomic mass is 79.9. The number of carbonyl (C=O) groups excluding carboxylic acids is 1. The van der Waals surface area contributed by atoms with Gasteiger partial charge in [0.1, 0.15) is 4.60 Å². The number of nitrogens with zero attached hydrogens (tertiary/aromatic N) is 2. The SMILES string of the molecule is CN1CCC(NC(=O)c2ccc(Br)nc2)C1. The normalized spacial score (nSPS) is 21.0. The average Bonchev–Trinajstić information content (AvgIpc) is 2.65. The maximum Gasteiger partial charge on any atom is 0.253 e. The lowest BCUT2D eigenvalue weighted by Gasteiger charge is -2.12. The van der Waals surface area contributed by atoms with Gasteiger partial charge in [0.15, 0.2) is 0 Å². The lowest BCUT2D eigenvalue weighted by atomic mass is 10.2. The first-order valence-corrected chi connectivity index (χ1v) is 6.05. The summed E-state index contributed by atoms with van der Waals surface area (Å²) in [6.45, 7) is 1.97. The van der Waals surface area contributed by atoms with E-state index >= 15 is 0 Å². The van der Waals surface area contributed by atoms with Crippen molar-refractivity contribution in [2.45, 2.75) is 12.5 Å². The van der Waals surface area contributed by atoms with E-state index < -0.39 is 0 Å². The quantitative estimate of drug-likeness (QED) is 0.832. The fraction of sp³-hybridized carbons (Fsp3) is 0.455. The van der Waals surface area contributed by atoms with Crippen LogP contribution in [0.4, 0.5) is 0 Å². The summed E-state index contributed by atoms with van der Waals surface area (Å²) in [6.07, 6.45) is 2.60. The third-order valence-electron chi connectivity index (χ3n) is 2.72. The molecule has 1 aliphatic heterocycles. The summed E-state index contributed by atoms with van der Waals surface area (Å²) in [5.41, 5.74) is 0.609. The number of pyridine rings is 1. The molecule has 0 aromatic carbocycles. The molecule has 4 nitrogen and oxygen atoms in total. The minimum atomic E-state index is -0.0414. The molecule has 1 aromatic rings. The molecule has 0 spiro atoms. The van der Waals surface area contributed by atoms with Crippen LogP contribution in [0.15, 0.2) is 22.9 Å². The van der Waals surface area contributed by atoms with E-state index in [1.807, 2.05) is 0 Å². The number of nitrogens with one attached hydrogen (secondary N) is 1. The minimum absolute atomic E-state index is 0.0414. The predicted molar refractivity (Wildman–Crippen MR) is 65.3 cm³/mol. The average molecular weight is 284 g/mol. The molecule has 1 N–H and O–H groups in total.